The van der Waals surface area contributed by atoms with Gasteiger partial charge in [-0.05, 0) is 5.56 Å². The molecule has 1 aromatic carbocycles. The molecule has 12 heavy (non-hydrogen) atoms. The summed E-state index contributed by atoms with van der Waals surface area (Å²) < 4.78 is 24.0. The molecular weight excluding hydrogens is 182 g/mol. The third-order valence-corrected chi connectivity index (χ3v) is 1.08. The highest BCUT2D eigenvalue weighted by Crippen LogP contribution is 1.94. The first-order valence-electron chi connectivity index (χ1n) is 3.15. The van der Waals surface area contributed by atoms with Crippen LogP contribution in [0.3, 0.4) is 0 Å². The standard InChI is InChI=1S/C7H9N.ClHO3/c8-6-7-4-2-1-3-5-7;2-1(3)4/h1-5H,6,8H2;2H. The van der Waals surface area contributed by atoms with Crippen LogP contribution in [0, 0.1) is 10.8 Å². The molecule has 0 saturated carbocycles. The number of rotatable bonds is 1. The molecule has 3 N–H and O–H groups in total. The lowest BCUT2D eigenvalue weighted by atomic mass is 10.2. The molecule has 0 unspecified atom stereocenters. The van der Waals surface area contributed by atoms with Gasteiger partial charge in [-0.1, -0.05) is 30.3 Å². The lowest BCUT2D eigenvalue weighted by Crippen LogP contribution is -2.30. The zero-order valence-electron chi connectivity index (χ0n) is 6.31. The maximum Gasteiger partial charge on any atom is 0.282 e. The molecule has 1 aromatic rings. The Kier molecular flexibility index (Phi) is 6.64. The summed E-state index contributed by atoms with van der Waals surface area (Å²) in [5, 5.41) is 0. The first-order valence-corrected chi connectivity index (χ1v) is 4.11. The van der Waals surface area contributed by atoms with Crippen LogP contribution < -0.4 is 15.1 Å². The quantitative estimate of drug-likeness (QED) is 0.549. The normalized spacial score (nSPS) is 9.08. The van der Waals surface area contributed by atoms with Crippen LogP contribution in [0.25, 0.3) is 0 Å². The second-order valence-corrected chi connectivity index (χ2v) is 2.29. The van der Waals surface area contributed by atoms with Gasteiger partial charge in [0.15, 0.2) is 0 Å². The number of hydrogen-bond donors (Lipinski definition) is 2. The lowest BCUT2D eigenvalue weighted by Gasteiger charge is -1.90. The van der Waals surface area contributed by atoms with Crippen LogP contribution in [0.15, 0.2) is 30.3 Å². The molecule has 0 spiro atoms. The van der Waals surface area contributed by atoms with Gasteiger partial charge in [0.05, 0.1) is 0 Å². The van der Waals surface area contributed by atoms with E-state index >= 15 is 0 Å². The van der Waals surface area contributed by atoms with Crippen LogP contribution in [-0.4, -0.2) is 4.66 Å². The maximum atomic E-state index is 8.52. The van der Waals surface area contributed by atoms with E-state index in [1.165, 1.54) is 5.56 Å². The maximum absolute atomic E-state index is 8.52. The smallest absolute Gasteiger partial charge is 0.282 e. The Balaban J connectivity index is 0.000000261. The van der Waals surface area contributed by atoms with Crippen LogP contribution in [0.1, 0.15) is 5.56 Å². The topological polar surface area (TPSA) is 92.4 Å². The highest BCUT2D eigenvalue weighted by atomic mass is 35.6. The number of benzene rings is 1. The average Bonchev–Trinajstić information content (AvgIpc) is 2.05. The molecule has 0 aliphatic rings. The largest absolute Gasteiger partial charge is 0.326 e. The van der Waals surface area contributed by atoms with E-state index in [1.54, 1.807) is 0 Å². The Morgan fingerprint density at radius 2 is 1.67 bits per heavy atom. The van der Waals surface area contributed by atoms with Crippen molar-refractivity contribution in [3.05, 3.63) is 35.9 Å². The summed E-state index contributed by atoms with van der Waals surface area (Å²) >= 11 is 0. The van der Waals surface area contributed by atoms with E-state index < -0.39 is 10.8 Å². The molecule has 4 nitrogen and oxygen atoms in total. The third kappa shape index (κ3) is 7.46. The summed E-state index contributed by atoms with van der Waals surface area (Å²) in [6.45, 7) is 0.640. The van der Waals surface area contributed by atoms with Crippen molar-refractivity contribution in [1.82, 2.24) is 0 Å². The van der Waals surface area contributed by atoms with Crippen molar-refractivity contribution in [2.45, 2.75) is 6.54 Å². The van der Waals surface area contributed by atoms with Crippen molar-refractivity contribution in [3.63, 3.8) is 0 Å². The molecular formula is C7H10ClNO3. The van der Waals surface area contributed by atoms with E-state index in [-0.39, 0.29) is 0 Å². The minimum atomic E-state index is -2.60. The molecule has 68 valence electrons. The van der Waals surface area contributed by atoms with E-state index in [2.05, 4.69) is 0 Å². The van der Waals surface area contributed by atoms with Crippen LogP contribution in [0.2, 0.25) is 0 Å². The molecule has 0 aliphatic carbocycles. The zero-order valence-corrected chi connectivity index (χ0v) is 7.07. The highest BCUT2D eigenvalue weighted by molar-refractivity contribution is 5.13. The summed E-state index contributed by atoms with van der Waals surface area (Å²) in [7, 11) is -2.60. The Hall–Kier alpha value is -0.650. The molecule has 0 heterocycles. The summed E-state index contributed by atoms with van der Waals surface area (Å²) in [6.07, 6.45) is 0. The Morgan fingerprint density at radius 1 is 1.25 bits per heavy atom. The molecule has 0 saturated heterocycles. The van der Waals surface area contributed by atoms with E-state index in [9.17, 15) is 0 Å². The van der Waals surface area contributed by atoms with Crippen LogP contribution >= 0.6 is 0 Å². The van der Waals surface area contributed by atoms with Crippen molar-refractivity contribution in [3.8, 4) is 0 Å². The van der Waals surface area contributed by atoms with Gasteiger partial charge in [0.2, 0.25) is 0 Å². The minimum Gasteiger partial charge on any atom is -0.326 e. The van der Waals surface area contributed by atoms with Gasteiger partial charge in [-0.15, -0.1) is 0 Å². The van der Waals surface area contributed by atoms with Gasteiger partial charge in [-0.25, -0.2) is 0 Å². The van der Waals surface area contributed by atoms with Crippen LogP contribution in [0.5, 0.6) is 0 Å². The first-order chi connectivity index (χ1) is 5.66. The lowest BCUT2D eigenvalue weighted by molar-refractivity contribution is -1.63. The fraction of sp³-hybridized carbons (Fsp3) is 0.143. The second-order valence-electron chi connectivity index (χ2n) is 1.89. The molecule has 0 amide bonds. The average molecular weight is 192 g/mol. The monoisotopic (exact) mass is 191 g/mol. The van der Waals surface area contributed by atoms with Crippen LogP contribution in [0.4, 0.5) is 0 Å². The summed E-state index contributed by atoms with van der Waals surface area (Å²) in [5.41, 5.74) is 6.54. The molecule has 0 fully saturated rings. The van der Waals surface area contributed by atoms with Gasteiger partial charge in [0, 0.05) is 11.2 Å². The van der Waals surface area contributed by atoms with Crippen molar-refractivity contribution in [1.29, 1.82) is 0 Å². The van der Waals surface area contributed by atoms with Gasteiger partial charge in [-0.2, -0.15) is 0 Å². The van der Waals surface area contributed by atoms with E-state index in [1.807, 2.05) is 30.3 Å². The Labute approximate surface area is 73.7 Å². The van der Waals surface area contributed by atoms with Crippen molar-refractivity contribution in [2.24, 2.45) is 5.73 Å². The van der Waals surface area contributed by atoms with Gasteiger partial charge >= 0.3 is 0 Å². The molecule has 0 radical (unpaired) electrons. The molecule has 0 aromatic heterocycles. The number of nitrogens with two attached hydrogens (primary N) is 1. The van der Waals surface area contributed by atoms with Crippen LogP contribution in [-0.2, 0) is 6.54 Å². The number of halogens is 1. The fourth-order valence-corrected chi connectivity index (χ4v) is 0.614. The third-order valence-electron chi connectivity index (χ3n) is 1.08. The number of hydrogen-bond acceptors (Lipinski definition) is 4. The highest BCUT2D eigenvalue weighted by Gasteiger charge is 1.80. The molecule has 0 bridgehead atoms. The minimum absolute atomic E-state index is 0.640. The summed E-state index contributed by atoms with van der Waals surface area (Å²) in [5.74, 6) is 0. The second kappa shape index (κ2) is 7.02. The van der Waals surface area contributed by atoms with Gasteiger partial charge in [0.1, 0.15) is 0 Å². The van der Waals surface area contributed by atoms with Gasteiger partial charge in [-0.3, -0.25) is 0 Å². The van der Waals surface area contributed by atoms with Crippen molar-refractivity contribution < 1.29 is 24.8 Å². The molecule has 0 aliphatic heterocycles. The first kappa shape index (κ1) is 11.4. The Bertz CT molecular complexity index is 190. The van der Waals surface area contributed by atoms with Gasteiger partial charge < -0.3 is 15.1 Å². The fourth-order valence-electron chi connectivity index (χ4n) is 0.614. The zero-order chi connectivity index (χ0) is 9.40. The molecule has 1 rings (SSSR count). The Morgan fingerprint density at radius 3 is 1.92 bits per heavy atom. The summed E-state index contributed by atoms with van der Waals surface area (Å²) in [6, 6.07) is 9.99. The van der Waals surface area contributed by atoms with Gasteiger partial charge in [0.25, 0.3) is 10.8 Å². The molecule has 0 atom stereocenters. The molecule has 5 heteroatoms. The summed E-state index contributed by atoms with van der Waals surface area (Å²) in [4.78, 5) is 0. The van der Waals surface area contributed by atoms with E-state index in [4.69, 9.17) is 19.7 Å². The van der Waals surface area contributed by atoms with Crippen molar-refractivity contribution in [2.75, 3.05) is 0 Å². The van der Waals surface area contributed by atoms with E-state index in [0.717, 1.165) is 0 Å². The van der Waals surface area contributed by atoms with Crippen molar-refractivity contribution >= 4 is 0 Å². The predicted molar refractivity (Wildman–Crippen MR) is 36.6 cm³/mol. The SMILES string of the molecule is NCc1ccccc1.[O-][Cl+2]([O-])O. The van der Waals surface area contributed by atoms with E-state index in [0.29, 0.717) is 6.54 Å². The predicted octanol–water partition coefficient (Wildman–Crippen LogP) is -1.79.